The van der Waals surface area contributed by atoms with Gasteiger partial charge < -0.3 is 5.73 Å². The van der Waals surface area contributed by atoms with Crippen LogP contribution in [0.25, 0.3) is 0 Å². The van der Waals surface area contributed by atoms with Gasteiger partial charge in [0.15, 0.2) is 0 Å². The molecule has 0 saturated carbocycles. The van der Waals surface area contributed by atoms with Crippen LogP contribution in [0.4, 0.5) is 0 Å². The van der Waals surface area contributed by atoms with Crippen LogP contribution in [0.1, 0.15) is 32.6 Å². The van der Waals surface area contributed by atoms with Crippen LogP contribution in [-0.2, 0) is 19.5 Å². The molecular formula is C6H15NZn. The Hall–Kier alpha value is 0.583. The van der Waals surface area contributed by atoms with Gasteiger partial charge in [0.25, 0.3) is 0 Å². The monoisotopic (exact) mass is 165 g/mol. The van der Waals surface area contributed by atoms with Gasteiger partial charge in [-0.05, 0) is 13.0 Å². The second-order valence-electron chi connectivity index (χ2n) is 1.85. The summed E-state index contributed by atoms with van der Waals surface area (Å²) in [6.07, 6.45) is 5.16. The second-order valence-corrected chi connectivity index (χ2v) is 1.85. The Morgan fingerprint density at radius 2 is 1.75 bits per heavy atom. The molecule has 0 rings (SSSR count). The van der Waals surface area contributed by atoms with Crippen LogP contribution in [0.2, 0.25) is 0 Å². The molecule has 2 heteroatoms. The number of rotatable bonds is 4. The van der Waals surface area contributed by atoms with Crippen LogP contribution in [0.15, 0.2) is 0 Å². The minimum absolute atomic E-state index is 0. The van der Waals surface area contributed by atoms with Gasteiger partial charge in [-0.2, -0.15) is 0 Å². The number of nitrogens with two attached hydrogens (primary N) is 1. The van der Waals surface area contributed by atoms with Crippen molar-refractivity contribution in [2.24, 2.45) is 5.73 Å². The summed E-state index contributed by atoms with van der Waals surface area (Å²) in [7, 11) is 0. The molecule has 0 radical (unpaired) electrons. The Balaban J connectivity index is 0. The van der Waals surface area contributed by atoms with Gasteiger partial charge in [-0.3, -0.25) is 0 Å². The molecule has 0 bridgehead atoms. The van der Waals surface area contributed by atoms with Gasteiger partial charge in [-0.15, -0.1) is 0 Å². The van der Waals surface area contributed by atoms with E-state index in [-0.39, 0.29) is 19.5 Å². The van der Waals surface area contributed by atoms with E-state index in [0.717, 1.165) is 6.54 Å². The molecule has 0 aliphatic heterocycles. The van der Waals surface area contributed by atoms with Gasteiger partial charge in [0, 0.05) is 19.5 Å². The Morgan fingerprint density at radius 1 is 1.12 bits per heavy atom. The van der Waals surface area contributed by atoms with Gasteiger partial charge in [0.1, 0.15) is 0 Å². The topological polar surface area (TPSA) is 26.0 Å². The standard InChI is InChI=1S/C6H15N.Zn/c1-2-3-4-5-6-7;/h2-7H2,1H3;. The molecule has 2 N–H and O–H groups in total. The Kier molecular flexibility index (Phi) is 15.0. The van der Waals surface area contributed by atoms with Crippen molar-refractivity contribution >= 4 is 0 Å². The first-order chi connectivity index (χ1) is 3.41. The molecule has 0 aliphatic rings. The van der Waals surface area contributed by atoms with E-state index in [4.69, 9.17) is 5.73 Å². The summed E-state index contributed by atoms with van der Waals surface area (Å²) in [5, 5.41) is 0. The summed E-state index contributed by atoms with van der Waals surface area (Å²) in [6.45, 7) is 3.07. The largest absolute Gasteiger partial charge is 0.330 e. The molecule has 8 heavy (non-hydrogen) atoms. The van der Waals surface area contributed by atoms with Crippen LogP contribution < -0.4 is 5.73 Å². The van der Waals surface area contributed by atoms with Crippen molar-refractivity contribution in [3.8, 4) is 0 Å². The molecule has 0 atom stereocenters. The van der Waals surface area contributed by atoms with E-state index in [1.807, 2.05) is 0 Å². The van der Waals surface area contributed by atoms with E-state index in [2.05, 4.69) is 6.92 Å². The number of unbranched alkanes of at least 4 members (excludes halogenated alkanes) is 3. The molecule has 0 amide bonds. The summed E-state index contributed by atoms with van der Waals surface area (Å²) >= 11 is 0. The zero-order valence-electron chi connectivity index (χ0n) is 5.82. The van der Waals surface area contributed by atoms with Crippen LogP contribution in [0.5, 0.6) is 0 Å². The van der Waals surface area contributed by atoms with Crippen molar-refractivity contribution in [1.29, 1.82) is 0 Å². The van der Waals surface area contributed by atoms with Crippen molar-refractivity contribution in [3.63, 3.8) is 0 Å². The zero-order valence-corrected chi connectivity index (χ0v) is 8.79. The van der Waals surface area contributed by atoms with E-state index >= 15 is 0 Å². The Morgan fingerprint density at radius 3 is 2.12 bits per heavy atom. The van der Waals surface area contributed by atoms with Crippen LogP contribution in [0.3, 0.4) is 0 Å². The van der Waals surface area contributed by atoms with Gasteiger partial charge in [0.05, 0.1) is 0 Å². The predicted octanol–water partition coefficient (Wildman–Crippen LogP) is 1.52. The average molecular weight is 167 g/mol. The predicted molar refractivity (Wildman–Crippen MR) is 33.2 cm³/mol. The summed E-state index contributed by atoms with van der Waals surface area (Å²) in [6, 6.07) is 0. The first-order valence-electron chi connectivity index (χ1n) is 3.12. The van der Waals surface area contributed by atoms with Gasteiger partial charge >= 0.3 is 0 Å². The van der Waals surface area contributed by atoms with Crippen molar-refractivity contribution in [2.45, 2.75) is 32.6 Å². The smallest absolute Gasteiger partial charge is 0 e. The first-order valence-corrected chi connectivity index (χ1v) is 3.12. The summed E-state index contributed by atoms with van der Waals surface area (Å²) in [4.78, 5) is 0. The molecule has 0 fully saturated rings. The van der Waals surface area contributed by atoms with Gasteiger partial charge in [0.2, 0.25) is 0 Å². The maximum absolute atomic E-state index is 5.27. The molecule has 0 unspecified atom stereocenters. The fourth-order valence-electron chi connectivity index (χ4n) is 0.571. The SMILES string of the molecule is CCCCCCN.[Zn]. The number of hydrogen-bond donors (Lipinski definition) is 1. The van der Waals surface area contributed by atoms with E-state index in [1.54, 1.807) is 0 Å². The Bertz CT molecular complexity index is 27.7. The maximum Gasteiger partial charge on any atom is 0 e. The molecule has 0 aliphatic carbocycles. The van der Waals surface area contributed by atoms with Crippen LogP contribution >= 0.6 is 0 Å². The van der Waals surface area contributed by atoms with Crippen molar-refractivity contribution in [2.75, 3.05) is 6.54 Å². The third kappa shape index (κ3) is 9.77. The number of hydrogen-bond acceptors (Lipinski definition) is 1. The van der Waals surface area contributed by atoms with Crippen molar-refractivity contribution in [1.82, 2.24) is 0 Å². The molecule has 1 nitrogen and oxygen atoms in total. The summed E-state index contributed by atoms with van der Waals surface area (Å²) in [5.74, 6) is 0. The maximum atomic E-state index is 5.27. The van der Waals surface area contributed by atoms with E-state index in [9.17, 15) is 0 Å². The third-order valence-electron chi connectivity index (χ3n) is 1.06. The fourth-order valence-corrected chi connectivity index (χ4v) is 0.571. The first kappa shape index (κ1) is 11.4. The van der Waals surface area contributed by atoms with Crippen molar-refractivity contribution in [3.05, 3.63) is 0 Å². The molecule has 0 spiro atoms. The molecule has 0 aromatic heterocycles. The quantitative estimate of drug-likeness (QED) is 0.498. The van der Waals surface area contributed by atoms with Crippen LogP contribution in [0, 0.1) is 0 Å². The molecular weight excluding hydrogens is 151 g/mol. The van der Waals surface area contributed by atoms with E-state index in [1.165, 1.54) is 25.7 Å². The Labute approximate surface area is 64.8 Å². The summed E-state index contributed by atoms with van der Waals surface area (Å²) < 4.78 is 0. The summed E-state index contributed by atoms with van der Waals surface area (Å²) in [5.41, 5.74) is 5.27. The minimum Gasteiger partial charge on any atom is -0.330 e. The van der Waals surface area contributed by atoms with Crippen LogP contribution in [-0.4, -0.2) is 6.54 Å². The minimum atomic E-state index is 0. The van der Waals surface area contributed by atoms with Crippen molar-refractivity contribution < 1.29 is 19.5 Å². The molecule has 0 heterocycles. The molecule has 0 saturated heterocycles. The zero-order chi connectivity index (χ0) is 5.54. The fraction of sp³-hybridized carbons (Fsp3) is 1.00. The van der Waals surface area contributed by atoms with E-state index in [0.29, 0.717) is 0 Å². The molecule has 46 valence electrons. The van der Waals surface area contributed by atoms with E-state index < -0.39 is 0 Å². The molecule has 0 aromatic rings. The average Bonchev–Trinajstić information content (AvgIpc) is 1.69. The van der Waals surface area contributed by atoms with Gasteiger partial charge in [-0.1, -0.05) is 26.2 Å². The van der Waals surface area contributed by atoms with Gasteiger partial charge in [-0.25, -0.2) is 0 Å². The molecule has 0 aromatic carbocycles. The second kappa shape index (κ2) is 10.5. The normalized spacial score (nSPS) is 8.25. The third-order valence-corrected chi connectivity index (χ3v) is 1.06.